The number of rotatable bonds is 2. The van der Waals surface area contributed by atoms with Gasteiger partial charge in [-0.3, -0.25) is 0 Å². The van der Waals surface area contributed by atoms with Crippen LogP contribution in [0.1, 0.15) is 0 Å². The zero-order valence-electron chi connectivity index (χ0n) is 14.7. The van der Waals surface area contributed by atoms with Crippen LogP contribution in [0.2, 0.25) is 5.02 Å². The Labute approximate surface area is 163 Å². The van der Waals surface area contributed by atoms with Gasteiger partial charge in [0.05, 0.1) is 0 Å². The van der Waals surface area contributed by atoms with Crippen molar-refractivity contribution in [1.82, 2.24) is 0 Å². The van der Waals surface area contributed by atoms with Gasteiger partial charge >= 0.3 is 0 Å². The van der Waals surface area contributed by atoms with Crippen molar-refractivity contribution in [3.05, 3.63) is 108 Å². The molecule has 0 aromatic heterocycles. The zero-order valence-corrected chi connectivity index (χ0v) is 15.4. The number of hydrogen-bond donors (Lipinski definition) is 0. The van der Waals surface area contributed by atoms with Gasteiger partial charge in [0.1, 0.15) is 0 Å². The van der Waals surface area contributed by atoms with E-state index in [1.807, 2.05) is 18.2 Å². The topological polar surface area (TPSA) is 0 Å². The Morgan fingerprint density at radius 3 is 2.07 bits per heavy atom. The van der Waals surface area contributed by atoms with Gasteiger partial charge < -0.3 is 0 Å². The molecule has 0 aliphatic rings. The van der Waals surface area contributed by atoms with Crippen molar-refractivity contribution in [3.63, 3.8) is 0 Å². The summed E-state index contributed by atoms with van der Waals surface area (Å²) < 4.78 is 0. The lowest BCUT2D eigenvalue weighted by atomic mass is 9.93. The summed E-state index contributed by atoms with van der Waals surface area (Å²) in [5, 5.41) is 5.84. The van der Waals surface area contributed by atoms with Gasteiger partial charge in [-0.25, -0.2) is 0 Å². The molecule has 27 heavy (non-hydrogen) atoms. The van der Waals surface area contributed by atoms with E-state index in [2.05, 4.69) is 84.9 Å². The van der Waals surface area contributed by atoms with Crippen molar-refractivity contribution in [2.24, 2.45) is 0 Å². The van der Waals surface area contributed by atoms with Gasteiger partial charge in [0.2, 0.25) is 0 Å². The molecule has 0 radical (unpaired) electrons. The van der Waals surface area contributed by atoms with Crippen LogP contribution in [0.3, 0.4) is 0 Å². The van der Waals surface area contributed by atoms with Crippen LogP contribution < -0.4 is 0 Å². The number of hydrogen-bond acceptors (Lipinski definition) is 0. The average molecular weight is 365 g/mol. The van der Waals surface area contributed by atoms with Crippen LogP contribution in [0.4, 0.5) is 0 Å². The molecule has 0 heterocycles. The van der Waals surface area contributed by atoms with E-state index < -0.39 is 0 Å². The molecule has 0 aliphatic carbocycles. The molecule has 128 valence electrons. The first-order valence-corrected chi connectivity index (χ1v) is 9.45. The molecule has 0 bridgehead atoms. The largest absolute Gasteiger partial charge is 0.0836 e. The minimum absolute atomic E-state index is 0.775. The van der Waals surface area contributed by atoms with Crippen molar-refractivity contribution >= 4 is 33.1 Å². The third-order valence-electron chi connectivity index (χ3n) is 5.15. The molecule has 0 fully saturated rings. The van der Waals surface area contributed by atoms with Crippen LogP contribution in [0.5, 0.6) is 0 Å². The zero-order chi connectivity index (χ0) is 18.2. The van der Waals surface area contributed by atoms with Gasteiger partial charge in [-0.15, -0.1) is 0 Å². The fraction of sp³-hybridized carbons (Fsp3) is 0. The first-order valence-electron chi connectivity index (χ1n) is 9.07. The smallest absolute Gasteiger partial charge is 0.0490 e. The van der Waals surface area contributed by atoms with E-state index in [0.29, 0.717) is 0 Å². The molecule has 0 saturated carbocycles. The first-order chi connectivity index (χ1) is 13.3. The molecule has 0 nitrogen and oxygen atoms in total. The molecule has 0 N–H and O–H groups in total. The van der Waals surface area contributed by atoms with Crippen LogP contribution >= 0.6 is 11.6 Å². The molecule has 5 aromatic carbocycles. The third kappa shape index (κ3) is 2.79. The summed E-state index contributed by atoms with van der Waals surface area (Å²) in [6, 6.07) is 36.1. The number of benzene rings is 5. The van der Waals surface area contributed by atoms with Gasteiger partial charge in [-0.2, -0.15) is 0 Å². The monoisotopic (exact) mass is 364 g/mol. The van der Waals surface area contributed by atoms with Gasteiger partial charge in [0.15, 0.2) is 0 Å². The molecule has 0 saturated heterocycles. The molecule has 0 amide bonds. The quantitative estimate of drug-likeness (QED) is 0.278. The lowest BCUT2D eigenvalue weighted by Gasteiger charge is -2.12. The molecule has 5 aromatic rings. The van der Waals surface area contributed by atoms with E-state index in [-0.39, 0.29) is 0 Å². The number of halogens is 1. The van der Waals surface area contributed by atoms with Crippen LogP contribution in [0.25, 0.3) is 43.8 Å². The Balaban J connectivity index is 1.70. The summed E-state index contributed by atoms with van der Waals surface area (Å²) in [4.78, 5) is 0. The van der Waals surface area contributed by atoms with Crippen LogP contribution in [-0.4, -0.2) is 0 Å². The van der Waals surface area contributed by atoms with E-state index in [9.17, 15) is 0 Å². The average Bonchev–Trinajstić information content (AvgIpc) is 2.73. The highest BCUT2D eigenvalue weighted by Gasteiger charge is 2.09. The maximum absolute atomic E-state index is 6.66. The third-order valence-corrected chi connectivity index (χ3v) is 5.46. The maximum atomic E-state index is 6.66. The lowest BCUT2D eigenvalue weighted by Crippen LogP contribution is -1.85. The van der Waals surface area contributed by atoms with Gasteiger partial charge in [0, 0.05) is 10.6 Å². The summed E-state index contributed by atoms with van der Waals surface area (Å²) in [7, 11) is 0. The van der Waals surface area contributed by atoms with Gasteiger partial charge in [-0.05, 0) is 44.3 Å². The Kier molecular flexibility index (Phi) is 3.92. The van der Waals surface area contributed by atoms with Crippen LogP contribution in [-0.2, 0) is 0 Å². The van der Waals surface area contributed by atoms with E-state index in [0.717, 1.165) is 21.7 Å². The summed E-state index contributed by atoms with van der Waals surface area (Å²) in [6.07, 6.45) is 0. The fourth-order valence-electron chi connectivity index (χ4n) is 3.83. The molecule has 0 unspecified atom stereocenters. The lowest BCUT2D eigenvalue weighted by molar-refractivity contribution is 1.60. The molecular formula is C26H17Cl. The van der Waals surface area contributed by atoms with Crippen molar-refractivity contribution < 1.29 is 0 Å². The highest BCUT2D eigenvalue weighted by atomic mass is 35.5. The Hall–Kier alpha value is -3.09. The van der Waals surface area contributed by atoms with Crippen molar-refractivity contribution in [1.29, 1.82) is 0 Å². The summed E-state index contributed by atoms with van der Waals surface area (Å²) in [5.41, 5.74) is 4.55. The van der Waals surface area contributed by atoms with Crippen LogP contribution in [0, 0.1) is 0 Å². The summed E-state index contributed by atoms with van der Waals surface area (Å²) in [6.45, 7) is 0. The molecular weight excluding hydrogens is 348 g/mol. The highest BCUT2D eigenvalue weighted by Crippen LogP contribution is 2.36. The Morgan fingerprint density at radius 1 is 0.444 bits per heavy atom. The van der Waals surface area contributed by atoms with Crippen molar-refractivity contribution in [2.45, 2.75) is 0 Å². The van der Waals surface area contributed by atoms with E-state index in [1.54, 1.807) is 0 Å². The standard InChI is InChI=1S/C26H17Cl/c27-26-17-20(14-15-23(26)18-7-2-1-3-8-18)22-11-6-12-24-21-10-5-4-9-19(21)13-16-25(22)24/h1-17H. The second kappa shape index (κ2) is 6.57. The molecule has 0 spiro atoms. The number of fused-ring (bicyclic) bond motifs is 3. The predicted molar refractivity (Wildman–Crippen MR) is 117 cm³/mol. The van der Waals surface area contributed by atoms with E-state index in [4.69, 9.17) is 11.6 Å². The molecule has 5 rings (SSSR count). The van der Waals surface area contributed by atoms with Gasteiger partial charge in [0.25, 0.3) is 0 Å². The Morgan fingerprint density at radius 2 is 1.22 bits per heavy atom. The normalized spacial score (nSPS) is 11.1. The summed E-state index contributed by atoms with van der Waals surface area (Å²) in [5.74, 6) is 0. The van der Waals surface area contributed by atoms with Crippen molar-refractivity contribution in [3.8, 4) is 22.3 Å². The molecule has 0 atom stereocenters. The molecule has 1 heteroatoms. The first kappa shape index (κ1) is 16.1. The van der Waals surface area contributed by atoms with E-state index in [1.165, 1.54) is 27.1 Å². The maximum Gasteiger partial charge on any atom is 0.0490 e. The minimum Gasteiger partial charge on any atom is -0.0836 e. The predicted octanol–water partition coefficient (Wildman–Crippen LogP) is 7.98. The second-order valence-electron chi connectivity index (χ2n) is 6.75. The summed E-state index contributed by atoms with van der Waals surface area (Å²) >= 11 is 6.66. The molecule has 0 aliphatic heterocycles. The second-order valence-corrected chi connectivity index (χ2v) is 7.16. The Bertz CT molecular complexity index is 1270. The SMILES string of the molecule is Clc1cc(-c2cccc3c2ccc2ccccc23)ccc1-c1ccccc1. The minimum atomic E-state index is 0.775. The van der Waals surface area contributed by atoms with Gasteiger partial charge in [-0.1, -0.05) is 109 Å². The van der Waals surface area contributed by atoms with Crippen LogP contribution in [0.15, 0.2) is 103 Å². The van der Waals surface area contributed by atoms with E-state index >= 15 is 0 Å². The highest BCUT2D eigenvalue weighted by molar-refractivity contribution is 6.33. The van der Waals surface area contributed by atoms with Crippen molar-refractivity contribution in [2.75, 3.05) is 0 Å². The fourth-order valence-corrected chi connectivity index (χ4v) is 4.12.